The Morgan fingerprint density at radius 3 is 1.86 bits per heavy atom. The van der Waals surface area contributed by atoms with Crippen LogP contribution >= 0.6 is 0 Å². The minimum Gasteiger partial charge on any atom is -0.343 e. The van der Waals surface area contributed by atoms with Crippen LogP contribution in [-0.2, 0) is 4.79 Å². The van der Waals surface area contributed by atoms with Crippen LogP contribution in [0, 0.1) is 0 Å². The van der Waals surface area contributed by atoms with E-state index in [4.69, 9.17) is 0 Å². The van der Waals surface area contributed by atoms with Gasteiger partial charge in [-0.25, -0.2) is 0 Å². The summed E-state index contributed by atoms with van der Waals surface area (Å²) in [6.45, 7) is 3.46. The number of likely N-dealkylation sites (N-methyl/N-ethyl adjacent to an activating group) is 1. The molecule has 0 saturated heterocycles. The molecule has 0 bridgehead atoms. The Bertz CT molecular complexity index is 918. The minimum absolute atomic E-state index is 0.248. The first-order valence-corrected chi connectivity index (χ1v) is 9.51. The second-order valence-electron chi connectivity index (χ2n) is 7.37. The van der Waals surface area contributed by atoms with Crippen LogP contribution in [0.15, 0.2) is 85.1 Å². The van der Waals surface area contributed by atoms with Crippen LogP contribution < -0.4 is 5.32 Å². The molecule has 148 valence electrons. The SMILES string of the molecule is CN(C(=O)c1ccccn1)C(C)(C)C(=O)NC(c1ccccc1)c1ccccc1. The molecule has 2 amide bonds. The average molecular weight is 387 g/mol. The molecule has 0 spiro atoms. The average Bonchev–Trinajstić information content (AvgIpc) is 2.78. The van der Waals surface area contributed by atoms with Crippen molar-refractivity contribution in [3.05, 3.63) is 102 Å². The number of carbonyl (C=O) groups is 2. The summed E-state index contributed by atoms with van der Waals surface area (Å²) in [5.41, 5.74) is 1.18. The smallest absolute Gasteiger partial charge is 0.273 e. The van der Waals surface area contributed by atoms with Gasteiger partial charge in [-0.2, -0.15) is 0 Å². The predicted molar refractivity (Wildman–Crippen MR) is 113 cm³/mol. The van der Waals surface area contributed by atoms with Crippen molar-refractivity contribution in [3.63, 3.8) is 0 Å². The van der Waals surface area contributed by atoms with E-state index < -0.39 is 5.54 Å². The Labute approximate surface area is 171 Å². The number of nitrogens with zero attached hydrogens (tertiary/aromatic N) is 2. The maximum atomic E-state index is 13.3. The van der Waals surface area contributed by atoms with Gasteiger partial charge in [0, 0.05) is 13.2 Å². The maximum absolute atomic E-state index is 13.3. The van der Waals surface area contributed by atoms with Gasteiger partial charge in [-0.05, 0) is 37.1 Å². The van der Waals surface area contributed by atoms with E-state index in [0.29, 0.717) is 5.69 Å². The van der Waals surface area contributed by atoms with Crippen molar-refractivity contribution in [1.82, 2.24) is 15.2 Å². The second-order valence-corrected chi connectivity index (χ2v) is 7.37. The third-order valence-electron chi connectivity index (χ3n) is 5.12. The number of benzene rings is 2. The van der Waals surface area contributed by atoms with Crippen LogP contribution in [0.1, 0.15) is 41.5 Å². The molecule has 29 heavy (non-hydrogen) atoms. The van der Waals surface area contributed by atoms with Gasteiger partial charge in [0.1, 0.15) is 11.2 Å². The van der Waals surface area contributed by atoms with E-state index in [1.165, 1.54) is 4.90 Å². The lowest BCUT2D eigenvalue weighted by atomic mass is 9.95. The summed E-state index contributed by atoms with van der Waals surface area (Å²) in [7, 11) is 1.62. The molecule has 0 saturated carbocycles. The zero-order chi connectivity index (χ0) is 20.9. The van der Waals surface area contributed by atoms with Gasteiger partial charge in [-0.15, -0.1) is 0 Å². The number of amides is 2. The molecule has 0 atom stereocenters. The van der Waals surface area contributed by atoms with Crippen molar-refractivity contribution in [1.29, 1.82) is 0 Å². The topological polar surface area (TPSA) is 62.3 Å². The number of hydrogen-bond donors (Lipinski definition) is 1. The van der Waals surface area contributed by atoms with Crippen molar-refractivity contribution < 1.29 is 9.59 Å². The van der Waals surface area contributed by atoms with Gasteiger partial charge in [-0.3, -0.25) is 14.6 Å². The van der Waals surface area contributed by atoms with E-state index in [2.05, 4.69) is 10.3 Å². The van der Waals surface area contributed by atoms with Gasteiger partial charge in [0.2, 0.25) is 5.91 Å². The van der Waals surface area contributed by atoms with Crippen molar-refractivity contribution in [2.45, 2.75) is 25.4 Å². The fraction of sp³-hybridized carbons (Fsp3) is 0.208. The molecule has 0 aliphatic rings. The third kappa shape index (κ3) is 4.51. The Morgan fingerprint density at radius 1 is 0.862 bits per heavy atom. The van der Waals surface area contributed by atoms with E-state index in [-0.39, 0.29) is 17.9 Å². The number of nitrogens with one attached hydrogen (secondary N) is 1. The van der Waals surface area contributed by atoms with Gasteiger partial charge in [0.05, 0.1) is 6.04 Å². The lowest BCUT2D eigenvalue weighted by molar-refractivity contribution is -0.130. The number of aromatic nitrogens is 1. The number of rotatable bonds is 6. The predicted octanol–water partition coefficient (Wildman–Crippen LogP) is 3.84. The molecular formula is C24H25N3O2. The summed E-state index contributed by atoms with van der Waals surface area (Å²) in [4.78, 5) is 31.6. The van der Waals surface area contributed by atoms with Crippen molar-refractivity contribution in [3.8, 4) is 0 Å². The van der Waals surface area contributed by atoms with Gasteiger partial charge in [-0.1, -0.05) is 66.7 Å². The molecule has 1 N–H and O–H groups in total. The summed E-state index contributed by atoms with van der Waals surface area (Å²) in [6, 6.07) is 24.4. The Kier molecular flexibility index (Phi) is 6.07. The zero-order valence-corrected chi connectivity index (χ0v) is 16.9. The highest BCUT2D eigenvalue weighted by molar-refractivity contribution is 5.97. The van der Waals surface area contributed by atoms with Crippen LogP contribution in [0.25, 0.3) is 0 Å². The fourth-order valence-corrected chi connectivity index (χ4v) is 3.03. The molecule has 1 aromatic heterocycles. The monoisotopic (exact) mass is 387 g/mol. The molecule has 2 aromatic carbocycles. The van der Waals surface area contributed by atoms with Crippen LogP contribution in [0.3, 0.4) is 0 Å². The second kappa shape index (κ2) is 8.69. The standard InChI is InChI=1S/C24H25N3O2/c1-24(2,27(3)22(28)20-16-10-11-17-25-20)23(29)26-21(18-12-6-4-7-13-18)19-14-8-5-9-15-19/h4-17,21H,1-3H3,(H,26,29). The molecule has 3 aromatic rings. The lowest BCUT2D eigenvalue weighted by Gasteiger charge is -2.35. The van der Waals surface area contributed by atoms with Gasteiger partial charge >= 0.3 is 0 Å². The first-order chi connectivity index (χ1) is 13.9. The van der Waals surface area contributed by atoms with Crippen LogP contribution in [-0.4, -0.2) is 34.3 Å². The fourth-order valence-electron chi connectivity index (χ4n) is 3.03. The van der Waals surface area contributed by atoms with E-state index in [1.807, 2.05) is 60.7 Å². The lowest BCUT2D eigenvalue weighted by Crippen LogP contribution is -2.56. The molecule has 3 rings (SSSR count). The summed E-state index contributed by atoms with van der Waals surface area (Å²) < 4.78 is 0. The molecule has 5 heteroatoms. The molecular weight excluding hydrogens is 362 g/mol. The quantitative estimate of drug-likeness (QED) is 0.699. The summed E-state index contributed by atoms with van der Waals surface area (Å²) in [6.07, 6.45) is 1.56. The van der Waals surface area contributed by atoms with E-state index in [0.717, 1.165) is 11.1 Å². The maximum Gasteiger partial charge on any atom is 0.273 e. The molecule has 0 aliphatic carbocycles. The van der Waals surface area contributed by atoms with Crippen LogP contribution in [0.5, 0.6) is 0 Å². The Hall–Kier alpha value is -3.47. The number of hydrogen-bond acceptors (Lipinski definition) is 3. The molecule has 0 unspecified atom stereocenters. The molecule has 5 nitrogen and oxygen atoms in total. The largest absolute Gasteiger partial charge is 0.343 e. The van der Waals surface area contributed by atoms with Crippen molar-refractivity contribution in [2.75, 3.05) is 7.05 Å². The van der Waals surface area contributed by atoms with E-state index in [1.54, 1.807) is 45.3 Å². The van der Waals surface area contributed by atoms with Gasteiger partial charge in [0.25, 0.3) is 5.91 Å². The van der Waals surface area contributed by atoms with Crippen LogP contribution in [0.2, 0.25) is 0 Å². The van der Waals surface area contributed by atoms with E-state index >= 15 is 0 Å². The zero-order valence-electron chi connectivity index (χ0n) is 16.9. The first kappa shape index (κ1) is 20.3. The molecule has 0 fully saturated rings. The molecule has 0 radical (unpaired) electrons. The summed E-state index contributed by atoms with van der Waals surface area (Å²) in [5, 5.41) is 3.12. The highest BCUT2D eigenvalue weighted by Gasteiger charge is 2.37. The normalized spacial score (nSPS) is 11.2. The third-order valence-corrected chi connectivity index (χ3v) is 5.12. The van der Waals surface area contributed by atoms with Crippen molar-refractivity contribution >= 4 is 11.8 Å². The van der Waals surface area contributed by atoms with Gasteiger partial charge < -0.3 is 10.2 Å². The molecule has 1 heterocycles. The summed E-state index contributed by atoms with van der Waals surface area (Å²) >= 11 is 0. The Balaban J connectivity index is 1.86. The number of carbonyl (C=O) groups excluding carboxylic acids is 2. The van der Waals surface area contributed by atoms with E-state index in [9.17, 15) is 9.59 Å². The van der Waals surface area contributed by atoms with Crippen LogP contribution in [0.4, 0.5) is 0 Å². The summed E-state index contributed by atoms with van der Waals surface area (Å²) in [5.74, 6) is -0.552. The molecule has 0 aliphatic heterocycles. The minimum atomic E-state index is -1.07. The first-order valence-electron chi connectivity index (χ1n) is 9.51. The highest BCUT2D eigenvalue weighted by Crippen LogP contribution is 2.24. The number of pyridine rings is 1. The highest BCUT2D eigenvalue weighted by atomic mass is 16.2. The Morgan fingerprint density at radius 2 is 1.38 bits per heavy atom. The van der Waals surface area contributed by atoms with Gasteiger partial charge in [0.15, 0.2) is 0 Å². The van der Waals surface area contributed by atoms with Crippen molar-refractivity contribution in [2.24, 2.45) is 0 Å².